The van der Waals surface area contributed by atoms with Crippen molar-refractivity contribution in [2.45, 2.75) is 24.9 Å². The highest BCUT2D eigenvalue weighted by Crippen LogP contribution is 2.38. The third kappa shape index (κ3) is 4.51. The van der Waals surface area contributed by atoms with E-state index in [-0.39, 0.29) is 12.5 Å². The number of aliphatic carboxylic acids is 1. The van der Waals surface area contributed by atoms with E-state index in [2.05, 4.69) is 12.0 Å². The van der Waals surface area contributed by atoms with Crippen LogP contribution in [0, 0.1) is 23.7 Å². The van der Waals surface area contributed by atoms with Crippen LogP contribution in [0.5, 0.6) is 11.5 Å². The third-order valence-electron chi connectivity index (χ3n) is 5.15. The lowest BCUT2D eigenvalue weighted by Crippen LogP contribution is -2.38. The van der Waals surface area contributed by atoms with Crippen molar-refractivity contribution in [2.75, 3.05) is 20.3 Å². The highest BCUT2D eigenvalue weighted by molar-refractivity contribution is 5.75. The number of hydrogen-bond acceptors (Lipinski definition) is 5. The SMILES string of the molecule is C#CCOc1ccc(C2CCN(Cc3ccc(C#N)cc3)[C@@H]2C(=O)O)cc1OC. The van der Waals surface area contributed by atoms with Crippen molar-refractivity contribution in [2.24, 2.45) is 0 Å². The van der Waals surface area contributed by atoms with Gasteiger partial charge in [0, 0.05) is 19.0 Å². The maximum Gasteiger partial charge on any atom is 0.321 e. The standard InChI is InChI=1S/C23H22N2O4/c1-3-12-29-20-9-8-18(13-21(20)28-2)19-10-11-25(22(19)23(26)27)15-17-6-4-16(14-24)5-7-17/h1,4-9,13,19,22H,10-12,15H2,2H3,(H,26,27)/t19?,22-/m0/s1. The van der Waals surface area contributed by atoms with Crippen molar-refractivity contribution in [1.82, 2.24) is 4.90 Å². The Labute approximate surface area is 170 Å². The molecule has 148 valence electrons. The van der Waals surface area contributed by atoms with E-state index in [4.69, 9.17) is 21.2 Å². The number of carboxylic acids is 1. The lowest BCUT2D eigenvalue weighted by Gasteiger charge is -2.25. The number of carboxylic acid groups (broad SMARTS) is 1. The molecule has 2 aromatic rings. The zero-order chi connectivity index (χ0) is 20.8. The fourth-order valence-electron chi connectivity index (χ4n) is 3.78. The number of likely N-dealkylation sites (tertiary alicyclic amines) is 1. The number of ether oxygens (including phenoxy) is 2. The first-order valence-corrected chi connectivity index (χ1v) is 9.27. The molecule has 1 fully saturated rings. The van der Waals surface area contributed by atoms with E-state index in [0.29, 0.717) is 30.2 Å². The molecule has 0 amide bonds. The van der Waals surface area contributed by atoms with Crippen LogP contribution in [-0.4, -0.2) is 42.3 Å². The highest BCUT2D eigenvalue weighted by atomic mass is 16.5. The lowest BCUT2D eigenvalue weighted by molar-refractivity contribution is -0.142. The van der Waals surface area contributed by atoms with E-state index in [0.717, 1.165) is 17.5 Å². The van der Waals surface area contributed by atoms with E-state index >= 15 is 0 Å². The van der Waals surface area contributed by atoms with Gasteiger partial charge in [0.05, 0.1) is 18.7 Å². The first kappa shape index (κ1) is 20.3. The van der Waals surface area contributed by atoms with Gasteiger partial charge in [-0.05, 0) is 41.8 Å². The van der Waals surface area contributed by atoms with Gasteiger partial charge in [-0.1, -0.05) is 24.1 Å². The number of carbonyl (C=O) groups is 1. The molecule has 6 nitrogen and oxygen atoms in total. The number of terminal acetylenes is 1. The molecule has 0 bridgehead atoms. The van der Waals surface area contributed by atoms with Gasteiger partial charge in [-0.15, -0.1) is 6.42 Å². The largest absolute Gasteiger partial charge is 0.493 e. The monoisotopic (exact) mass is 390 g/mol. The Balaban J connectivity index is 1.81. The van der Waals surface area contributed by atoms with E-state index in [1.165, 1.54) is 0 Å². The molecule has 1 N–H and O–H groups in total. The summed E-state index contributed by atoms with van der Waals surface area (Å²) in [6.07, 6.45) is 5.96. The number of nitriles is 1. The van der Waals surface area contributed by atoms with E-state index in [1.54, 1.807) is 25.3 Å². The van der Waals surface area contributed by atoms with Gasteiger partial charge in [0.25, 0.3) is 0 Å². The fraction of sp³-hybridized carbons (Fsp3) is 0.304. The minimum Gasteiger partial charge on any atom is -0.493 e. The smallest absolute Gasteiger partial charge is 0.321 e. The van der Waals surface area contributed by atoms with Crippen LogP contribution < -0.4 is 9.47 Å². The van der Waals surface area contributed by atoms with Crippen molar-refractivity contribution in [3.05, 3.63) is 59.2 Å². The van der Waals surface area contributed by atoms with Gasteiger partial charge < -0.3 is 14.6 Å². The van der Waals surface area contributed by atoms with Crippen LogP contribution in [0.2, 0.25) is 0 Å². The number of rotatable bonds is 7. The summed E-state index contributed by atoms with van der Waals surface area (Å²) < 4.78 is 10.9. The van der Waals surface area contributed by atoms with Gasteiger partial charge in [0.1, 0.15) is 12.6 Å². The molecule has 2 aromatic carbocycles. The summed E-state index contributed by atoms with van der Waals surface area (Å²) in [6.45, 7) is 1.31. The van der Waals surface area contributed by atoms with E-state index < -0.39 is 12.0 Å². The maximum atomic E-state index is 12.1. The van der Waals surface area contributed by atoms with Gasteiger partial charge in [0.2, 0.25) is 0 Å². The Morgan fingerprint density at radius 1 is 1.28 bits per heavy atom. The fourth-order valence-corrected chi connectivity index (χ4v) is 3.78. The molecule has 2 atom stereocenters. The van der Waals surface area contributed by atoms with Crippen molar-refractivity contribution < 1.29 is 19.4 Å². The van der Waals surface area contributed by atoms with Crippen LogP contribution in [0.4, 0.5) is 0 Å². The van der Waals surface area contributed by atoms with Gasteiger partial charge >= 0.3 is 5.97 Å². The lowest BCUT2D eigenvalue weighted by atomic mass is 9.91. The quantitative estimate of drug-likeness (QED) is 0.732. The molecule has 1 saturated heterocycles. The molecule has 29 heavy (non-hydrogen) atoms. The second kappa shape index (κ2) is 9.14. The second-order valence-corrected chi connectivity index (χ2v) is 6.86. The molecule has 1 unspecified atom stereocenters. The van der Waals surface area contributed by atoms with Crippen LogP contribution in [0.25, 0.3) is 0 Å². The number of methoxy groups -OCH3 is 1. The molecule has 0 saturated carbocycles. The van der Waals surface area contributed by atoms with Crippen LogP contribution in [0.1, 0.15) is 29.0 Å². The molecule has 3 rings (SSSR count). The molecule has 6 heteroatoms. The van der Waals surface area contributed by atoms with Crippen molar-refractivity contribution in [3.63, 3.8) is 0 Å². The molecule has 0 radical (unpaired) electrons. The average molecular weight is 390 g/mol. The molecular formula is C23H22N2O4. The minimum atomic E-state index is -0.854. The topological polar surface area (TPSA) is 82.8 Å². The summed E-state index contributed by atoms with van der Waals surface area (Å²) >= 11 is 0. The summed E-state index contributed by atoms with van der Waals surface area (Å²) in [6, 6.07) is 14.2. The summed E-state index contributed by atoms with van der Waals surface area (Å²) in [5.74, 6) is 2.47. The van der Waals surface area contributed by atoms with Crippen LogP contribution in [0.3, 0.4) is 0 Å². The van der Waals surface area contributed by atoms with Crippen LogP contribution in [-0.2, 0) is 11.3 Å². The summed E-state index contributed by atoms with van der Waals surface area (Å²) in [7, 11) is 1.54. The van der Waals surface area contributed by atoms with Crippen molar-refractivity contribution in [1.29, 1.82) is 5.26 Å². The Bertz CT molecular complexity index is 956. The van der Waals surface area contributed by atoms with Gasteiger partial charge in [-0.25, -0.2) is 0 Å². The molecule has 0 aliphatic carbocycles. The van der Waals surface area contributed by atoms with Gasteiger partial charge in [-0.2, -0.15) is 5.26 Å². The van der Waals surface area contributed by atoms with Crippen LogP contribution in [0.15, 0.2) is 42.5 Å². The van der Waals surface area contributed by atoms with E-state index in [1.807, 2.05) is 29.2 Å². The number of benzene rings is 2. The molecule has 1 aliphatic rings. The van der Waals surface area contributed by atoms with Gasteiger partial charge in [0.15, 0.2) is 11.5 Å². The summed E-state index contributed by atoms with van der Waals surface area (Å²) in [5.41, 5.74) is 2.46. The molecule has 1 heterocycles. The van der Waals surface area contributed by atoms with Crippen molar-refractivity contribution >= 4 is 5.97 Å². The first-order chi connectivity index (χ1) is 14.1. The maximum absolute atomic E-state index is 12.1. The molecule has 0 spiro atoms. The zero-order valence-corrected chi connectivity index (χ0v) is 16.2. The van der Waals surface area contributed by atoms with Gasteiger partial charge in [-0.3, -0.25) is 9.69 Å². The molecular weight excluding hydrogens is 368 g/mol. The summed E-state index contributed by atoms with van der Waals surface area (Å²) in [5, 5.41) is 18.8. The van der Waals surface area contributed by atoms with Crippen LogP contribution >= 0.6 is 0 Å². The minimum absolute atomic E-state index is 0.134. The Hall–Kier alpha value is -3.48. The highest BCUT2D eigenvalue weighted by Gasteiger charge is 2.40. The predicted octanol–water partition coefficient (Wildman–Crippen LogP) is 3.02. The normalized spacial score (nSPS) is 18.6. The number of nitrogens with zero attached hydrogens (tertiary/aromatic N) is 2. The number of hydrogen-bond donors (Lipinski definition) is 1. The van der Waals surface area contributed by atoms with E-state index in [9.17, 15) is 9.90 Å². The zero-order valence-electron chi connectivity index (χ0n) is 16.2. The molecule has 0 aromatic heterocycles. The Morgan fingerprint density at radius 2 is 2.03 bits per heavy atom. The first-order valence-electron chi connectivity index (χ1n) is 9.27. The average Bonchev–Trinajstić information content (AvgIpc) is 3.16. The Kier molecular flexibility index (Phi) is 6.39. The molecule has 1 aliphatic heterocycles. The van der Waals surface area contributed by atoms with Crippen molar-refractivity contribution in [3.8, 4) is 29.9 Å². The second-order valence-electron chi connectivity index (χ2n) is 6.86. The predicted molar refractivity (Wildman–Crippen MR) is 108 cm³/mol. The Morgan fingerprint density at radius 3 is 2.66 bits per heavy atom. The third-order valence-corrected chi connectivity index (χ3v) is 5.15. The summed E-state index contributed by atoms with van der Waals surface area (Å²) in [4.78, 5) is 14.0.